The number of carbonyl (C=O) groups is 1. The van der Waals surface area contributed by atoms with Gasteiger partial charge in [0.25, 0.3) is 5.97 Å². The fourth-order valence-corrected chi connectivity index (χ4v) is 4.89. The molecule has 0 aliphatic carbocycles. The minimum absolute atomic E-state index is 0. The van der Waals surface area contributed by atoms with Crippen molar-refractivity contribution in [1.29, 1.82) is 0 Å². The fraction of sp³-hybridized carbons (Fsp3) is 0.900. The van der Waals surface area contributed by atoms with Crippen LogP contribution in [0.2, 0.25) is 8.87 Å². The SMILES string of the molecule is CC(=O)O.CCC[CH2][Sn][CH2]CCC.Cl. The van der Waals surface area contributed by atoms with Gasteiger partial charge in [-0.2, -0.15) is 0 Å². The normalized spacial score (nSPS) is 8.21. The van der Waals surface area contributed by atoms with E-state index in [1.54, 1.807) is 8.87 Å². The van der Waals surface area contributed by atoms with Gasteiger partial charge in [0.05, 0.1) is 0 Å². The molecular weight excluding hydrogens is 306 g/mol. The number of rotatable bonds is 6. The summed E-state index contributed by atoms with van der Waals surface area (Å²) in [6.07, 6.45) is 5.84. The number of aliphatic carboxylic acids is 1. The van der Waals surface area contributed by atoms with Gasteiger partial charge in [0.2, 0.25) is 0 Å². The van der Waals surface area contributed by atoms with Gasteiger partial charge in [-0.25, -0.2) is 0 Å². The summed E-state index contributed by atoms with van der Waals surface area (Å²) in [5.41, 5.74) is 0. The van der Waals surface area contributed by atoms with Crippen molar-refractivity contribution in [3.05, 3.63) is 0 Å². The fourth-order valence-electron chi connectivity index (χ4n) is 0.729. The molecule has 4 heteroatoms. The molecule has 0 aliphatic rings. The van der Waals surface area contributed by atoms with E-state index in [2.05, 4.69) is 13.8 Å². The van der Waals surface area contributed by atoms with Gasteiger partial charge in [-0.05, 0) is 0 Å². The first kappa shape index (κ1) is 20.0. The van der Waals surface area contributed by atoms with E-state index >= 15 is 0 Å². The Balaban J connectivity index is -0.000000209. The number of carboxylic acid groups (broad SMARTS) is 1. The number of unbranched alkanes of at least 4 members (excludes halogenated alkanes) is 2. The number of carboxylic acids is 1. The molecule has 0 saturated heterocycles. The summed E-state index contributed by atoms with van der Waals surface area (Å²) in [4.78, 5) is 9.00. The molecule has 0 unspecified atom stereocenters. The monoisotopic (exact) mass is 330 g/mol. The molecular formula is C10H23ClO2Sn. The quantitative estimate of drug-likeness (QED) is 0.597. The summed E-state index contributed by atoms with van der Waals surface area (Å²) in [7, 11) is 0. The van der Waals surface area contributed by atoms with Crippen LogP contribution in [0, 0.1) is 0 Å². The standard InChI is InChI=1S/2C4H9.C2H4O2.ClH.Sn/c2*1-3-4-2;1-2(3)4;;/h2*1,3-4H2,2H3;1H3,(H,3,4);1H;. The number of hydrogen-bond acceptors (Lipinski definition) is 1. The van der Waals surface area contributed by atoms with Crippen LogP contribution in [0.15, 0.2) is 0 Å². The van der Waals surface area contributed by atoms with E-state index in [0.29, 0.717) is 0 Å². The summed E-state index contributed by atoms with van der Waals surface area (Å²) in [6.45, 7) is 5.67. The largest absolute Gasteiger partial charge is 0.147 e. The van der Waals surface area contributed by atoms with Crippen LogP contribution in [0.3, 0.4) is 0 Å². The van der Waals surface area contributed by atoms with Crippen molar-refractivity contribution in [2.75, 3.05) is 0 Å². The molecule has 14 heavy (non-hydrogen) atoms. The molecule has 0 bridgehead atoms. The molecule has 0 aromatic rings. The summed E-state index contributed by atoms with van der Waals surface area (Å²) < 4.78 is 3.25. The zero-order valence-corrected chi connectivity index (χ0v) is 13.2. The topological polar surface area (TPSA) is 37.3 Å². The minimum Gasteiger partial charge on any atom is -0.147 e. The maximum absolute atomic E-state index is 9.00. The molecule has 0 aromatic heterocycles. The van der Waals surface area contributed by atoms with Gasteiger partial charge in [0.15, 0.2) is 0 Å². The van der Waals surface area contributed by atoms with Crippen molar-refractivity contribution in [2.24, 2.45) is 0 Å². The Hall–Kier alpha value is 0.559. The summed E-state index contributed by atoms with van der Waals surface area (Å²) >= 11 is 0.149. The van der Waals surface area contributed by atoms with E-state index in [4.69, 9.17) is 9.90 Å². The van der Waals surface area contributed by atoms with E-state index < -0.39 is 5.97 Å². The Morgan fingerprint density at radius 3 is 1.64 bits per heavy atom. The van der Waals surface area contributed by atoms with Crippen LogP contribution in [0.5, 0.6) is 0 Å². The van der Waals surface area contributed by atoms with Crippen LogP contribution in [0.25, 0.3) is 0 Å². The van der Waals surface area contributed by atoms with Crippen LogP contribution >= 0.6 is 12.4 Å². The Bertz CT molecular complexity index is 100. The molecule has 0 aromatic carbocycles. The molecule has 1 N–H and O–H groups in total. The second-order valence-electron chi connectivity index (χ2n) is 2.98. The molecule has 0 heterocycles. The van der Waals surface area contributed by atoms with Crippen LogP contribution in [0.1, 0.15) is 46.5 Å². The minimum atomic E-state index is -0.833. The summed E-state index contributed by atoms with van der Waals surface area (Å²) in [5.74, 6) is -0.833. The van der Waals surface area contributed by atoms with Crippen molar-refractivity contribution in [3.8, 4) is 0 Å². The zero-order valence-electron chi connectivity index (χ0n) is 9.51. The van der Waals surface area contributed by atoms with E-state index in [1.165, 1.54) is 25.7 Å². The molecule has 0 fully saturated rings. The first-order valence-corrected chi connectivity index (χ1v) is 9.09. The van der Waals surface area contributed by atoms with E-state index in [9.17, 15) is 0 Å². The van der Waals surface area contributed by atoms with Crippen LogP contribution in [0.4, 0.5) is 0 Å². The van der Waals surface area contributed by atoms with E-state index in [0.717, 1.165) is 6.92 Å². The van der Waals surface area contributed by atoms with Crippen molar-refractivity contribution in [1.82, 2.24) is 0 Å². The average molecular weight is 329 g/mol. The van der Waals surface area contributed by atoms with Crippen LogP contribution < -0.4 is 0 Å². The summed E-state index contributed by atoms with van der Waals surface area (Å²) in [5, 5.41) is 7.42. The van der Waals surface area contributed by atoms with Crippen molar-refractivity contribution < 1.29 is 9.90 Å². The van der Waals surface area contributed by atoms with Gasteiger partial charge >= 0.3 is 69.5 Å². The zero-order chi connectivity index (χ0) is 10.5. The van der Waals surface area contributed by atoms with E-state index in [1.807, 2.05) is 0 Å². The maximum Gasteiger partial charge on any atom is -0.147 e. The second kappa shape index (κ2) is 19.2. The molecule has 86 valence electrons. The molecule has 0 amide bonds. The third-order valence-electron chi connectivity index (χ3n) is 1.41. The molecule has 0 atom stereocenters. The van der Waals surface area contributed by atoms with Gasteiger partial charge in [-0.15, -0.1) is 12.4 Å². The molecule has 2 radical (unpaired) electrons. The maximum atomic E-state index is 9.00. The smallest absolute Gasteiger partial charge is 0.147 e. The van der Waals surface area contributed by atoms with Crippen molar-refractivity contribution >= 4 is 39.5 Å². The number of halogens is 1. The first-order valence-electron chi connectivity index (χ1n) is 5.05. The van der Waals surface area contributed by atoms with Gasteiger partial charge in [-0.1, -0.05) is 0 Å². The Morgan fingerprint density at radius 1 is 1.14 bits per heavy atom. The third kappa shape index (κ3) is 39.0. The Morgan fingerprint density at radius 2 is 1.43 bits per heavy atom. The van der Waals surface area contributed by atoms with Gasteiger partial charge in [0, 0.05) is 6.92 Å². The summed E-state index contributed by atoms with van der Waals surface area (Å²) in [6, 6.07) is 0. The van der Waals surface area contributed by atoms with Crippen molar-refractivity contribution in [2.45, 2.75) is 55.3 Å². The number of hydrogen-bond donors (Lipinski definition) is 1. The first-order chi connectivity index (χ1) is 6.15. The molecule has 2 nitrogen and oxygen atoms in total. The Kier molecular flexibility index (Phi) is 27.4. The molecule has 0 saturated carbocycles. The van der Waals surface area contributed by atoms with Gasteiger partial charge in [0.1, 0.15) is 0 Å². The van der Waals surface area contributed by atoms with E-state index in [-0.39, 0.29) is 33.5 Å². The van der Waals surface area contributed by atoms with Crippen LogP contribution in [-0.2, 0) is 4.79 Å². The second-order valence-corrected chi connectivity index (χ2v) is 7.26. The molecule has 0 aliphatic heterocycles. The predicted octanol–water partition coefficient (Wildman–Crippen LogP) is 3.64. The molecule has 0 rings (SSSR count). The Labute approximate surface area is 104 Å². The molecule has 0 spiro atoms. The van der Waals surface area contributed by atoms with Gasteiger partial charge in [-0.3, -0.25) is 4.79 Å². The third-order valence-corrected chi connectivity index (χ3v) is 5.45. The van der Waals surface area contributed by atoms with Crippen LogP contribution in [-0.4, -0.2) is 32.2 Å². The predicted molar refractivity (Wildman–Crippen MR) is 65.7 cm³/mol. The average Bonchev–Trinajstić information content (AvgIpc) is 2.03. The van der Waals surface area contributed by atoms with Crippen molar-refractivity contribution in [3.63, 3.8) is 0 Å². The van der Waals surface area contributed by atoms with Gasteiger partial charge < -0.3 is 5.11 Å².